The number of methoxy groups -OCH3 is 1. The van der Waals surface area contributed by atoms with Crippen LogP contribution in [0.5, 0.6) is 0 Å². The van der Waals surface area contributed by atoms with E-state index in [1.54, 1.807) is 4.90 Å². The maximum Gasteiger partial charge on any atom is 0.412 e. The van der Waals surface area contributed by atoms with E-state index in [1.165, 1.54) is 7.11 Å². The number of hydrogen-bond donors (Lipinski definition) is 0. The molecule has 0 N–H and O–H groups in total. The van der Waals surface area contributed by atoms with E-state index in [2.05, 4.69) is 0 Å². The minimum Gasteiger partial charge on any atom is -0.469 e. The third-order valence-corrected chi connectivity index (χ3v) is 3.48. The Labute approximate surface area is 126 Å². The summed E-state index contributed by atoms with van der Waals surface area (Å²) in [6, 6.07) is -0.214. The van der Waals surface area contributed by atoms with Crippen molar-refractivity contribution in [1.82, 2.24) is 4.90 Å². The standard InChI is InChI=1S/C15H27NO5/c1-10(8-12(17)19-7)11-9-20-15(5,6)16(11)13(18)21-14(2,3)4/h10-11H,8-9H2,1-7H3/t10-,11-/m1/s1. The lowest BCUT2D eigenvalue weighted by Crippen LogP contribution is -2.51. The smallest absolute Gasteiger partial charge is 0.412 e. The van der Waals surface area contributed by atoms with Crippen molar-refractivity contribution in [2.75, 3.05) is 13.7 Å². The number of hydrogen-bond acceptors (Lipinski definition) is 5. The molecule has 1 amide bonds. The molecular weight excluding hydrogens is 274 g/mol. The molecule has 0 radical (unpaired) electrons. The Bertz CT molecular complexity index is 399. The SMILES string of the molecule is COC(=O)C[C@@H](C)[C@H]1COC(C)(C)N1C(=O)OC(C)(C)C. The highest BCUT2D eigenvalue weighted by Crippen LogP contribution is 2.33. The van der Waals surface area contributed by atoms with Crippen molar-refractivity contribution in [3.05, 3.63) is 0 Å². The van der Waals surface area contributed by atoms with Crippen LogP contribution in [0.4, 0.5) is 4.79 Å². The molecule has 0 aromatic carbocycles. The highest BCUT2D eigenvalue weighted by molar-refractivity contribution is 5.71. The molecule has 6 heteroatoms. The maximum atomic E-state index is 12.5. The maximum absolute atomic E-state index is 12.5. The van der Waals surface area contributed by atoms with E-state index in [9.17, 15) is 9.59 Å². The molecule has 0 aromatic heterocycles. The van der Waals surface area contributed by atoms with Gasteiger partial charge in [0.15, 0.2) is 0 Å². The molecule has 2 atom stereocenters. The van der Waals surface area contributed by atoms with Gasteiger partial charge >= 0.3 is 12.1 Å². The summed E-state index contributed by atoms with van der Waals surface area (Å²) in [6.45, 7) is 11.4. The molecule has 21 heavy (non-hydrogen) atoms. The summed E-state index contributed by atoms with van der Waals surface area (Å²) in [5.74, 6) is -0.372. The van der Waals surface area contributed by atoms with Crippen molar-refractivity contribution >= 4 is 12.1 Å². The number of nitrogens with zero attached hydrogens (tertiary/aromatic N) is 1. The highest BCUT2D eigenvalue weighted by Gasteiger charge is 2.47. The first-order valence-electron chi connectivity index (χ1n) is 7.21. The molecular formula is C15H27NO5. The van der Waals surface area contributed by atoms with E-state index in [0.717, 1.165) is 0 Å². The van der Waals surface area contributed by atoms with Crippen molar-refractivity contribution in [1.29, 1.82) is 0 Å². The summed E-state index contributed by atoms with van der Waals surface area (Å²) in [4.78, 5) is 25.5. The summed E-state index contributed by atoms with van der Waals surface area (Å²) in [7, 11) is 1.36. The van der Waals surface area contributed by atoms with E-state index >= 15 is 0 Å². The molecule has 0 spiro atoms. The summed E-state index contributed by atoms with van der Waals surface area (Å²) >= 11 is 0. The Morgan fingerprint density at radius 1 is 1.38 bits per heavy atom. The molecule has 1 aliphatic rings. The van der Waals surface area contributed by atoms with Crippen molar-refractivity contribution in [3.63, 3.8) is 0 Å². The van der Waals surface area contributed by atoms with Gasteiger partial charge in [0.1, 0.15) is 11.3 Å². The monoisotopic (exact) mass is 301 g/mol. The summed E-state index contributed by atoms with van der Waals surface area (Å²) in [5, 5.41) is 0. The molecule has 6 nitrogen and oxygen atoms in total. The summed E-state index contributed by atoms with van der Waals surface area (Å²) in [5.41, 5.74) is -1.33. The fraction of sp³-hybridized carbons (Fsp3) is 0.867. The summed E-state index contributed by atoms with van der Waals surface area (Å²) < 4.78 is 15.9. The van der Waals surface area contributed by atoms with Crippen LogP contribution in [0, 0.1) is 5.92 Å². The van der Waals surface area contributed by atoms with Crippen LogP contribution >= 0.6 is 0 Å². The number of ether oxygens (including phenoxy) is 3. The largest absolute Gasteiger partial charge is 0.469 e. The average Bonchev–Trinajstić information content (AvgIpc) is 2.62. The highest BCUT2D eigenvalue weighted by atomic mass is 16.6. The second kappa shape index (κ2) is 6.22. The average molecular weight is 301 g/mol. The lowest BCUT2D eigenvalue weighted by atomic mass is 9.97. The quantitative estimate of drug-likeness (QED) is 0.750. The van der Waals surface area contributed by atoms with Crippen molar-refractivity contribution in [2.24, 2.45) is 5.92 Å². The van der Waals surface area contributed by atoms with Gasteiger partial charge in [-0.1, -0.05) is 6.92 Å². The Kier molecular flexibility index (Phi) is 5.25. The van der Waals surface area contributed by atoms with E-state index in [0.29, 0.717) is 6.61 Å². The third-order valence-electron chi connectivity index (χ3n) is 3.48. The molecule has 0 aromatic rings. The van der Waals surface area contributed by atoms with Crippen LogP contribution in [0.25, 0.3) is 0 Å². The predicted molar refractivity (Wildman–Crippen MR) is 77.7 cm³/mol. The molecule has 1 fully saturated rings. The lowest BCUT2D eigenvalue weighted by Gasteiger charge is -2.36. The predicted octanol–water partition coefficient (Wildman–Crippen LogP) is 2.56. The van der Waals surface area contributed by atoms with Crippen LogP contribution in [0.3, 0.4) is 0 Å². The van der Waals surface area contributed by atoms with Gasteiger partial charge in [-0.3, -0.25) is 9.69 Å². The zero-order valence-electron chi connectivity index (χ0n) is 14.1. The lowest BCUT2D eigenvalue weighted by molar-refractivity contribution is -0.142. The van der Waals surface area contributed by atoms with Crippen molar-refractivity contribution in [2.45, 2.75) is 65.3 Å². The van der Waals surface area contributed by atoms with Gasteiger partial charge in [-0.15, -0.1) is 0 Å². The number of amides is 1. The van der Waals surface area contributed by atoms with Gasteiger partial charge in [0.25, 0.3) is 0 Å². The first-order chi connectivity index (χ1) is 9.48. The van der Waals surface area contributed by atoms with Crippen LogP contribution in [-0.4, -0.2) is 48.0 Å². The number of carbonyl (C=O) groups excluding carboxylic acids is 2. The van der Waals surface area contributed by atoms with E-state index in [4.69, 9.17) is 14.2 Å². The van der Waals surface area contributed by atoms with Crippen molar-refractivity contribution in [3.8, 4) is 0 Å². The van der Waals surface area contributed by atoms with Crippen LogP contribution in [0.2, 0.25) is 0 Å². The van der Waals surface area contributed by atoms with Gasteiger partial charge < -0.3 is 14.2 Å². The van der Waals surface area contributed by atoms with Gasteiger partial charge in [-0.05, 0) is 40.5 Å². The summed E-state index contributed by atoms with van der Waals surface area (Å²) in [6.07, 6.45) is -0.188. The van der Waals surface area contributed by atoms with Gasteiger partial charge in [0.05, 0.1) is 26.2 Å². The third kappa shape index (κ3) is 4.59. The Hall–Kier alpha value is -1.30. The molecule has 1 heterocycles. The number of esters is 1. The Morgan fingerprint density at radius 3 is 2.43 bits per heavy atom. The fourth-order valence-corrected chi connectivity index (χ4v) is 2.40. The van der Waals surface area contributed by atoms with E-state index < -0.39 is 17.4 Å². The van der Waals surface area contributed by atoms with Crippen molar-refractivity contribution < 1.29 is 23.8 Å². The molecule has 122 valence electrons. The normalized spacial score (nSPS) is 22.8. The Morgan fingerprint density at radius 2 is 1.95 bits per heavy atom. The zero-order chi connectivity index (χ0) is 16.4. The van der Waals surface area contributed by atoms with E-state index in [1.807, 2.05) is 41.5 Å². The van der Waals surface area contributed by atoms with Gasteiger partial charge in [0, 0.05) is 0 Å². The molecule has 1 rings (SSSR count). The molecule has 0 saturated carbocycles. The van der Waals surface area contributed by atoms with E-state index in [-0.39, 0.29) is 24.3 Å². The minimum atomic E-state index is -0.753. The second-order valence-corrected chi connectivity index (χ2v) is 6.93. The van der Waals surface area contributed by atoms with Crippen LogP contribution < -0.4 is 0 Å². The van der Waals surface area contributed by atoms with Gasteiger partial charge in [-0.2, -0.15) is 0 Å². The molecule has 0 unspecified atom stereocenters. The van der Waals surface area contributed by atoms with Gasteiger partial charge in [0.2, 0.25) is 0 Å². The van der Waals surface area contributed by atoms with Crippen LogP contribution in [0.1, 0.15) is 48.0 Å². The minimum absolute atomic E-state index is 0.0771. The molecule has 0 bridgehead atoms. The topological polar surface area (TPSA) is 65.1 Å². The second-order valence-electron chi connectivity index (χ2n) is 6.93. The first-order valence-corrected chi connectivity index (χ1v) is 7.21. The van der Waals surface area contributed by atoms with Crippen LogP contribution in [-0.2, 0) is 19.0 Å². The fourth-order valence-electron chi connectivity index (χ4n) is 2.40. The molecule has 1 aliphatic heterocycles. The van der Waals surface area contributed by atoms with Gasteiger partial charge in [-0.25, -0.2) is 4.79 Å². The zero-order valence-corrected chi connectivity index (χ0v) is 14.1. The Balaban J connectivity index is 2.88. The first kappa shape index (κ1) is 17.8. The molecule has 0 aliphatic carbocycles. The molecule has 1 saturated heterocycles. The van der Waals surface area contributed by atoms with Crippen LogP contribution in [0.15, 0.2) is 0 Å². The number of rotatable bonds is 3. The number of carbonyl (C=O) groups is 2.